The second kappa shape index (κ2) is 24.4. The van der Waals surface area contributed by atoms with Crippen molar-refractivity contribution in [3.8, 4) is 23.3 Å². The fourth-order valence-corrected chi connectivity index (χ4v) is 8.26. The predicted octanol–water partition coefficient (Wildman–Crippen LogP) is 6.69. The van der Waals surface area contributed by atoms with Gasteiger partial charge in [0.2, 0.25) is 11.8 Å². The lowest BCUT2D eigenvalue weighted by atomic mass is 10.0. The van der Waals surface area contributed by atoms with Gasteiger partial charge in [0.25, 0.3) is 5.91 Å². The molecule has 3 heterocycles. The van der Waals surface area contributed by atoms with Gasteiger partial charge in [0.1, 0.15) is 24.7 Å². The van der Waals surface area contributed by atoms with Gasteiger partial charge in [-0.25, -0.2) is 0 Å². The largest absolute Gasteiger partial charge is 0.495 e. The number of amides is 3. The van der Waals surface area contributed by atoms with Gasteiger partial charge in [-0.2, -0.15) is 13.2 Å². The summed E-state index contributed by atoms with van der Waals surface area (Å²) in [5, 5.41) is 25.4. The molecule has 7 rings (SSSR count). The van der Waals surface area contributed by atoms with E-state index in [0.29, 0.717) is 66.3 Å². The van der Waals surface area contributed by atoms with Crippen LogP contribution in [0.4, 0.5) is 30.2 Å². The van der Waals surface area contributed by atoms with Crippen LogP contribution in [0.2, 0.25) is 0 Å². The van der Waals surface area contributed by atoms with E-state index in [9.17, 15) is 32.7 Å². The number of likely N-dealkylation sites (N-methyl/N-ethyl adjacent to an activating group) is 1. The second-order valence-corrected chi connectivity index (χ2v) is 17.2. The molecule has 6 N–H and O–H groups in total. The molecule has 1 saturated heterocycles. The topological polar surface area (TPSA) is 161 Å². The van der Waals surface area contributed by atoms with Crippen molar-refractivity contribution < 1.29 is 42.1 Å². The van der Waals surface area contributed by atoms with Crippen molar-refractivity contribution in [2.75, 3.05) is 76.1 Å². The molecular formula is C52H63F3N8O6. The number of rotatable bonds is 15. The minimum atomic E-state index is -4.47. The van der Waals surface area contributed by atoms with Crippen LogP contribution in [0.25, 0.3) is 10.9 Å². The number of benzene rings is 4. The molecule has 2 aliphatic rings. The Bertz CT molecular complexity index is 2600. The number of piperidine rings is 1. The molecule has 14 nitrogen and oxygen atoms in total. The Labute approximate surface area is 401 Å². The minimum Gasteiger partial charge on any atom is -0.495 e. The zero-order chi connectivity index (χ0) is 49.5. The van der Waals surface area contributed by atoms with Gasteiger partial charge in [-0.1, -0.05) is 62.6 Å². The molecule has 2 aliphatic heterocycles. The molecule has 0 spiro atoms. The maximum Gasteiger partial charge on any atom is 0.406 e. The van der Waals surface area contributed by atoms with Crippen LogP contribution in [0.15, 0.2) is 84.9 Å². The first-order valence-corrected chi connectivity index (χ1v) is 23.2. The van der Waals surface area contributed by atoms with E-state index in [1.807, 2.05) is 60.5 Å². The number of carbonyl (C=O) groups excluding carboxylic acids is 3. The molecule has 1 atom stereocenters. The molecule has 0 saturated carbocycles. The van der Waals surface area contributed by atoms with Crippen LogP contribution in [0.5, 0.6) is 11.5 Å². The second-order valence-electron chi connectivity index (χ2n) is 17.2. The van der Waals surface area contributed by atoms with E-state index in [0.717, 1.165) is 40.9 Å². The van der Waals surface area contributed by atoms with Gasteiger partial charge >= 0.3 is 6.18 Å². The molecule has 0 radical (unpaired) electrons. The molecule has 4 aromatic carbocycles. The summed E-state index contributed by atoms with van der Waals surface area (Å²) >= 11 is 0. The van der Waals surface area contributed by atoms with Crippen molar-refractivity contribution in [2.45, 2.75) is 77.5 Å². The number of methoxy groups -OCH3 is 1. The van der Waals surface area contributed by atoms with Crippen molar-refractivity contribution in [2.24, 2.45) is 0 Å². The number of nitrogens with one attached hydrogen (secondary N) is 5. The number of hydrogen-bond acceptors (Lipinski definition) is 10. The first kappa shape index (κ1) is 51.5. The Hall–Kier alpha value is -6.90. The third-order valence-electron chi connectivity index (χ3n) is 11.7. The summed E-state index contributed by atoms with van der Waals surface area (Å²) in [6.45, 7) is 5.52. The lowest BCUT2D eigenvalue weighted by Gasteiger charge is -2.32. The van der Waals surface area contributed by atoms with Crippen molar-refractivity contribution >= 4 is 45.7 Å². The van der Waals surface area contributed by atoms with E-state index in [-0.39, 0.29) is 61.7 Å². The Morgan fingerprint density at radius 2 is 1.70 bits per heavy atom. The number of hydrogen-bond donors (Lipinski definition) is 6. The number of alkyl halides is 3. The monoisotopic (exact) mass is 952 g/mol. The van der Waals surface area contributed by atoms with Gasteiger partial charge in [0.05, 0.1) is 56.3 Å². The fraction of sp³-hybridized carbons (Fsp3) is 0.404. The molecule has 1 fully saturated rings. The first-order valence-electron chi connectivity index (χ1n) is 23.2. The number of likely N-dealkylation sites (tertiary alicyclic amines) is 1. The first-order chi connectivity index (χ1) is 33.2. The number of anilines is 3. The summed E-state index contributed by atoms with van der Waals surface area (Å²) in [7, 11) is 4.86. The fourth-order valence-electron chi connectivity index (χ4n) is 8.26. The molecule has 17 heteroatoms. The van der Waals surface area contributed by atoms with Crippen molar-refractivity contribution in [3.63, 3.8) is 0 Å². The van der Waals surface area contributed by atoms with Crippen LogP contribution >= 0.6 is 0 Å². The summed E-state index contributed by atoms with van der Waals surface area (Å²) in [6, 6.07) is 25.2. The SMILES string of the molecule is CCC.CNC(=O)c1ccc(NCC#Cc2cc3c(NC4CCN(CC(=O)NCc5ccc(COc6ccc7c(c6)N(C)CC(=O)NC(CO)C7)cc5)CC4)cccc3n2CC(F)(F)F)c(OC)c1. The average Bonchev–Trinajstić information content (AvgIpc) is 3.68. The number of aliphatic hydroxyl groups is 1. The van der Waals surface area contributed by atoms with Gasteiger partial charge in [0.15, 0.2) is 0 Å². The standard InChI is InChI=1S/C49H55F3N8O6.C3H8/c1-53-48(64)35-14-16-42(45(23-35)65-3)54-19-5-6-38-24-40-41(7-4-8-43(40)60(38)31-49(50,51)52)56-36-17-20-59(21-18-36)28-46(62)55-26-32-9-11-33(12-10-32)30-66-39-15-13-34-22-37(29-61)57-47(63)27-58(2)44(34)25-39;1-3-2/h4,7-16,23-25,36-37,54,56,61H,17-22,26-31H2,1-3H3,(H,53,64)(H,55,62)(H,57,63);3H2,1-2H3. The van der Waals surface area contributed by atoms with Crippen LogP contribution in [0.3, 0.4) is 0 Å². The van der Waals surface area contributed by atoms with Crippen LogP contribution in [-0.4, -0.2) is 111 Å². The Morgan fingerprint density at radius 3 is 2.39 bits per heavy atom. The Balaban J connectivity index is 0.00000254. The Morgan fingerprint density at radius 1 is 0.957 bits per heavy atom. The highest BCUT2D eigenvalue weighted by Crippen LogP contribution is 2.32. The summed E-state index contributed by atoms with van der Waals surface area (Å²) in [5.41, 5.74) is 6.17. The molecule has 3 amide bonds. The summed E-state index contributed by atoms with van der Waals surface area (Å²) in [5.74, 6) is 6.47. The number of halogens is 3. The van der Waals surface area contributed by atoms with Gasteiger partial charge < -0.3 is 50.6 Å². The van der Waals surface area contributed by atoms with E-state index in [4.69, 9.17) is 9.47 Å². The third-order valence-corrected chi connectivity index (χ3v) is 11.7. The van der Waals surface area contributed by atoms with E-state index < -0.39 is 12.7 Å². The zero-order valence-electron chi connectivity index (χ0n) is 39.9. The maximum absolute atomic E-state index is 13.9. The lowest BCUT2D eigenvalue weighted by Crippen LogP contribution is -2.46. The molecule has 0 aliphatic carbocycles. The molecule has 368 valence electrons. The van der Waals surface area contributed by atoms with Gasteiger partial charge in [-0.15, -0.1) is 0 Å². The number of aromatic nitrogens is 1. The number of fused-ring (bicyclic) bond motifs is 2. The van der Waals surface area contributed by atoms with Crippen molar-refractivity contribution in [1.29, 1.82) is 0 Å². The quantitative estimate of drug-likeness (QED) is 0.0624. The van der Waals surface area contributed by atoms with E-state index >= 15 is 0 Å². The normalized spacial score (nSPS) is 15.2. The van der Waals surface area contributed by atoms with Crippen molar-refractivity contribution in [3.05, 3.63) is 113 Å². The minimum absolute atomic E-state index is 0.0532. The molecule has 1 aromatic heterocycles. The number of carbonyl (C=O) groups is 3. The average molecular weight is 953 g/mol. The smallest absolute Gasteiger partial charge is 0.406 e. The van der Waals surface area contributed by atoms with Crippen LogP contribution < -0.4 is 41.0 Å². The highest BCUT2D eigenvalue weighted by molar-refractivity contribution is 5.95. The van der Waals surface area contributed by atoms with E-state index in [1.54, 1.807) is 36.4 Å². The molecule has 0 bridgehead atoms. The Kier molecular flexibility index (Phi) is 18.2. The van der Waals surface area contributed by atoms with Gasteiger partial charge in [-0.3, -0.25) is 19.3 Å². The van der Waals surface area contributed by atoms with Crippen LogP contribution in [0, 0.1) is 11.8 Å². The van der Waals surface area contributed by atoms with Crippen molar-refractivity contribution in [1.82, 2.24) is 25.4 Å². The molecule has 1 unspecified atom stereocenters. The van der Waals surface area contributed by atoms with E-state index in [1.165, 1.54) is 25.1 Å². The number of nitrogens with zero attached hydrogens (tertiary/aromatic N) is 3. The van der Waals surface area contributed by atoms with Gasteiger partial charge in [-0.05, 0) is 84.3 Å². The molecule has 69 heavy (non-hydrogen) atoms. The lowest BCUT2D eigenvalue weighted by molar-refractivity contribution is -0.140. The van der Waals surface area contributed by atoms with Gasteiger partial charge in [0, 0.05) is 68.2 Å². The summed E-state index contributed by atoms with van der Waals surface area (Å²) in [6.07, 6.45) is -1.22. The molecule has 5 aromatic rings. The highest BCUT2D eigenvalue weighted by atomic mass is 19.4. The van der Waals surface area contributed by atoms with E-state index in [2.05, 4.69) is 57.2 Å². The number of ether oxygens (including phenoxy) is 2. The third kappa shape index (κ3) is 14.6. The number of aliphatic hydroxyl groups excluding tert-OH is 1. The van der Waals surface area contributed by atoms with Crippen LogP contribution in [0.1, 0.15) is 65.9 Å². The summed E-state index contributed by atoms with van der Waals surface area (Å²) in [4.78, 5) is 41.2. The predicted molar refractivity (Wildman–Crippen MR) is 264 cm³/mol. The summed E-state index contributed by atoms with van der Waals surface area (Å²) < 4.78 is 54.3. The zero-order valence-corrected chi connectivity index (χ0v) is 39.9. The van der Waals surface area contributed by atoms with Crippen LogP contribution in [-0.2, 0) is 35.7 Å². The highest BCUT2D eigenvalue weighted by Gasteiger charge is 2.30. The maximum atomic E-state index is 13.9. The molecular weight excluding hydrogens is 890 g/mol.